The standard InChI is InChI=1S/C11H20N2O3S/c1-4-6-17-7-5-12-11(16)13-9(8(2)3)10(14)15/h4,8-9H,1,5-7H2,2-3H3,(H,14,15)(H2,12,13,16)/t9-/m0/s1. The van der Waals surface area contributed by atoms with Crippen molar-refractivity contribution in [1.29, 1.82) is 0 Å². The van der Waals surface area contributed by atoms with Crippen LogP contribution in [-0.4, -0.2) is 41.2 Å². The average Bonchev–Trinajstić information content (AvgIpc) is 2.24. The van der Waals surface area contributed by atoms with Crippen LogP contribution in [0.2, 0.25) is 0 Å². The molecule has 0 aromatic heterocycles. The number of thioether (sulfide) groups is 1. The summed E-state index contributed by atoms with van der Waals surface area (Å²) in [6, 6.07) is -1.29. The zero-order valence-corrected chi connectivity index (χ0v) is 11.0. The van der Waals surface area contributed by atoms with Crippen molar-refractivity contribution in [3.05, 3.63) is 12.7 Å². The van der Waals surface area contributed by atoms with Crippen molar-refractivity contribution in [1.82, 2.24) is 10.6 Å². The van der Waals surface area contributed by atoms with Gasteiger partial charge in [0.25, 0.3) is 0 Å². The average molecular weight is 260 g/mol. The first-order chi connectivity index (χ1) is 7.99. The number of carboxylic acid groups (broad SMARTS) is 1. The molecule has 0 saturated carbocycles. The predicted octanol–water partition coefficient (Wildman–Crippen LogP) is 1.31. The topological polar surface area (TPSA) is 78.4 Å². The zero-order chi connectivity index (χ0) is 13.3. The third-order valence-corrected chi connectivity index (χ3v) is 2.95. The van der Waals surface area contributed by atoms with Crippen LogP contribution in [-0.2, 0) is 4.79 Å². The molecule has 0 spiro atoms. The lowest BCUT2D eigenvalue weighted by Gasteiger charge is -2.18. The van der Waals surface area contributed by atoms with Crippen LogP contribution < -0.4 is 10.6 Å². The molecule has 2 amide bonds. The van der Waals surface area contributed by atoms with Gasteiger partial charge in [-0.3, -0.25) is 0 Å². The van der Waals surface area contributed by atoms with Crippen LogP contribution >= 0.6 is 11.8 Å². The van der Waals surface area contributed by atoms with E-state index in [1.807, 2.05) is 0 Å². The Morgan fingerprint density at radius 2 is 2.12 bits per heavy atom. The highest BCUT2D eigenvalue weighted by Gasteiger charge is 2.22. The summed E-state index contributed by atoms with van der Waals surface area (Å²) in [5, 5.41) is 13.9. The number of amides is 2. The van der Waals surface area contributed by atoms with E-state index in [1.165, 1.54) is 0 Å². The summed E-state index contributed by atoms with van der Waals surface area (Å²) in [6.07, 6.45) is 1.80. The number of carboxylic acids is 1. The zero-order valence-electron chi connectivity index (χ0n) is 10.2. The highest BCUT2D eigenvalue weighted by Crippen LogP contribution is 2.01. The molecule has 98 valence electrons. The normalized spacial score (nSPS) is 11.9. The molecule has 0 radical (unpaired) electrons. The lowest BCUT2D eigenvalue weighted by atomic mass is 10.1. The van der Waals surface area contributed by atoms with Gasteiger partial charge in [-0.2, -0.15) is 11.8 Å². The third kappa shape index (κ3) is 7.68. The molecule has 0 aliphatic heterocycles. The second kappa shape index (κ2) is 8.92. The Balaban J connectivity index is 3.83. The largest absolute Gasteiger partial charge is 0.480 e. The van der Waals surface area contributed by atoms with Gasteiger partial charge in [0.05, 0.1) is 0 Å². The summed E-state index contributed by atoms with van der Waals surface area (Å²) >= 11 is 1.65. The summed E-state index contributed by atoms with van der Waals surface area (Å²) in [6.45, 7) is 7.59. The fourth-order valence-electron chi connectivity index (χ4n) is 1.11. The fourth-order valence-corrected chi connectivity index (χ4v) is 1.69. The predicted molar refractivity (Wildman–Crippen MR) is 70.3 cm³/mol. The molecule has 0 aromatic rings. The number of urea groups is 1. The minimum Gasteiger partial charge on any atom is -0.480 e. The Bertz CT molecular complexity index is 269. The molecule has 0 bridgehead atoms. The quantitative estimate of drug-likeness (QED) is 0.454. The van der Waals surface area contributed by atoms with Gasteiger partial charge in [-0.15, -0.1) is 6.58 Å². The van der Waals surface area contributed by atoms with Gasteiger partial charge in [-0.25, -0.2) is 9.59 Å². The smallest absolute Gasteiger partial charge is 0.326 e. The Morgan fingerprint density at radius 3 is 2.59 bits per heavy atom. The van der Waals surface area contributed by atoms with Crippen LogP contribution in [0.3, 0.4) is 0 Å². The molecule has 0 aliphatic rings. The molecule has 0 heterocycles. The maximum atomic E-state index is 11.4. The van der Waals surface area contributed by atoms with E-state index in [0.29, 0.717) is 6.54 Å². The van der Waals surface area contributed by atoms with Crippen LogP contribution in [0, 0.1) is 5.92 Å². The minimum atomic E-state index is -1.02. The van der Waals surface area contributed by atoms with Crippen molar-refractivity contribution < 1.29 is 14.7 Å². The van der Waals surface area contributed by atoms with Gasteiger partial charge >= 0.3 is 12.0 Å². The maximum absolute atomic E-state index is 11.4. The van der Waals surface area contributed by atoms with E-state index in [1.54, 1.807) is 31.7 Å². The number of nitrogens with one attached hydrogen (secondary N) is 2. The first kappa shape index (κ1) is 15.8. The number of carbonyl (C=O) groups excluding carboxylic acids is 1. The van der Waals surface area contributed by atoms with Gasteiger partial charge < -0.3 is 15.7 Å². The van der Waals surface area contributed by atoms with Crippen LogP contribution in [0.25, 0.3) is 0 Å². The molecule has 17 heavy (non-hydrogen) atoms. The molecule has 0 aromatic carbocycles. The molecule has 0 saturated heterocycles. The van der Waals surface area contributed by atoms with Crippen LogP contribution in [0.5, 0.6) is 0 Å². The Kier molecular flexibility index (Phi) is 8.31. The van der Waals surface area contributed by atoms with E-state index < -0.39 is 18.0 Å². The Hall–Kier alpha value is -1.17. The van der Waals surface area contributed by atoms with Gasteiger partial charge in [-0.05, 0) is 5.92 Å². The molecule has 3 N–H and O–H groups in total. The summed E-state index contributed by atoms with van der Waals surface area (Å²) in [7, 11) is 0. The molecule has 5 nitrogen and oxygen atoms in total. The van der Waals surface area contributed by atoms with Gasteiger partial charge in [0, 0.05) is 18.1 Å². The van der Waals surface area contributed by atoms with Crippen molar-refractivity contribution >= 4 is 23.8 Å². The van der Waals surface area contributed by atoms with E-state index in [0.717, 1.165) is 11.5 Å². The van der Waals surface area contributed by atoms with Crippen LogP contribution in [0.15, 0.2) is 12.7 Å². The second-order valence-corrected chi connectivity index (χ2v) is 4.97. The first-order valence-electron chi connectivity index (χ1n) is 5.44. The SMILES string of the molecule is C=CCSCCNC(=O)N[C@H](C(=O)O)C(C)C. The van der Waals surface area contributed by atoms with E-state index >= 15 is 0 Å². The maximum Gasteiger partial charge on any atom is 0.326 e. The van der Waals surface area contributed by atoms with Crippen molar-refractivity contribution in [2.75, 3.05) is 18.1 Å². The molecule has 6 heteroatoms. The molecule has 0 fully saturated rings. The third-order valence-electron chi connectivity index (χ3n) is 1.99. The molecule has 0 unspecified atom stereocenters. The monoisotopic (exact) mass is 260 g/mol. The summed E-state index contributed by atoms with van der Waals surface area (Å²) in [4.78, 5) is 22.2. The molecule has 0 aliphatic carbocycles. The first-order valence-corrected chi connectivity index (χ1v) is 6.60. The van der Waals surface area contributed by atoms with Gasteiger partial charge in [0.2, 0.25) is 0 Å². The lowest BCUT2D eigenvalue weighted by Crippen LogP contribution is -2.49. The molecular formula is C11H20N2O3S. The van der Waals surface area contributed by atoms with E-state index in [-0.39, 0.29) is 5.92 Å². The van der Waals surface area contributed by atoms with Gasteiger partial charge in [-0.1, -0.05) is 19.9 Å². The fraction of sp³-hybridized carbons (Fsp3) is 0.636. The van der Waals surface area contributed by atoms with E-state index in [2.05, 4.69) is 17.2 Å². The van der Waals surface area contributed by atoms with E-state index in [9.17, 15) is 9.59 Å². The van der Waals surface area contributed by atoms with Crippen molar-refractivity contribution in [3.63, 3.8) is 0 Å². The van der Waals surface area contributed by atoms with Crippen molar-refractivity contribution in [3.8, 4) is 0 Å². The highest BCUT2D eigenvalue weighted by atomic mass is 32.2. The van der Waals surface area contributed by atoms with Crippen LogP contribution in [0.4, 0.5) is 4.79 Å². The molecule has 1 atom stereocenters. The van der Waals surface area contributed by atoms with Crippen molar-refractivity contribution in [2.45, 2.75) is 19.9 Å². The minimum absolute atomic E-state index is 0.145. The molecular weight excluding hydrogens is 240 g/mol. The number of carbonyl (C=O) groups is 2. The van der Waals surface area contributed by atoms with Crippen molar-refractivity contribution in [2.24, 2.45) is 5.92 Å². The molecule has 0 rings (SSSR count). The number of hydrogen-bond acceptors (Lipinski definition) is 3. The second-order valence-electron chi connectivity index (χ2n) is 3.82. The van der Waals surface area contributed by atoms with Gasteiger partial charge in [0.1, 0.15) is 6.04 Å². The highest BCUT2D eigenvalue weighted by molar-refractivity contribution is 7.99. The summed E-state index contributed by atoms with van der Waals surface area (Å²) < 4.78 is 0. The van der Waals surface area contributed by atoms with E-state index in [4.69, 9.17) is 5.11 Å². The summed E-state index contributed by atoms with van der Waals surface area (Å²) in [5.41, 5.74) is 0. The van der Waals surface area contributed by atoms with Gasteiger partial charge in [0.15, 0.2) is 0 Å². The lowest BCUT2D eigenvalue weighted by molar-refractivity contribution is -0.140. The Morgan fingerprint density at radius 1 is 1.47 bits per heavy atom. The summed E-state index contributed by atoms with van der Waals surface area (Å²) in [5.74, 6) is 0.455. The van der Waals surface area contributed by atoms with Crippen LogP contribution in [0.1, 0.15) is 13.8 Å². The Labute approximate surface area is 106 Å². The number of rotatable bonds is 8. The number of hydrogen-bond donors (Lipinski definition) is 3. The number of aliphatic carboxylic acids is 1.